The molecule has 170 valence electrons. The van der Waals surface area contributed by atoms with Crippen molar-refractivity contribution in [3.8, 4) is 11.5 Å². The average Bonchev–Trinajstić information content (AvgIpc) is 3.08. The quantitative estimate of drug-likeness (QED) is 0.658. The number of rotatable bonds is 8. The maximum absolute atomic E-state index is 13.2. The molecule has 7 nitrogen and oxygen atoms in total. The first-order chi connectivity index (χ1) is 15.4. The van der Waals surface area contributed by atoms with Gasteiger partial charge in [-0.3, -0.25) is 14.5 Å². The van der Waals surface area contributed by atoms with Crippen molar-refractivity contribution in [2.24, 2.45) is 4.99 Å². The van der Waals surface area contributed by atoms with Gasteiger partial charge >= 0.3 is 0 Å². The number of benzene rings is 2. The second-order valence-electron chi connectivity index (χ2n) is 7.60. The number of ether oxygens (including phenoxy) is 2. The van der Waals surface area contributed by atoms with Gasteiger partial charge < -0.3 is 14.8 Å². The van der Waals surface area contributed by atoms with Gasteiger partial charge in [-0.25, -0.2) is 4.99 Å². The van der Waals surface area contributed by atoms with Gasteiger partial charge in [0.2, 0.25) is 11.8 Å². The summed E-state index contributed by atoms with van der Waals surface area (Å²) < 4.78 is 10.7. The van der Waals surface area contributed by atoms with Crippen LogP contribution in [-0.4, -0.2) is 54.9 Å². The Labute approximate surface area is 193 Å². The highest BCUT2D eigenvalue weighted by atomic mass is 32.2. The van der Waals surface area contributed by atoms with E-state index in [1.807, 2.05) is 50.2 Å². The van der Waals surface area contributed by atoms with Crippen molar-refractivity contribution >= 4 is 34.4 Å². The van der Waals surface area contributed by atoms with Crippen LogP contribution in [0, 0.1) is 13.8 Å². The molecule has 8 heteroatoms. The zero-order valence-electron chi connectivity index (χ0n) is 19.1. The van der Waals surface area contributed by atoms with Gasteiger partial charge in [0.05, 0.1) is 19.9 Å². The standard InChI is InChI=1S/C24H29N3O4S/c1-15-6-7-16(2)18(12-15)26-24-27(23(29)21(32-24)14-22(28)25-3)11-10-17-8-9-19(30-4)20(13-17)31-5/h6-9,12-13,21H,10-11,14H2,1-5H3,(H,25,28). The van der Waals surface area contributed by atoms with Crippen LogP contribution >= 0.6 is 11.8 Å². The maximum atomic E-state index is 13.2. The number of carbonyl (C=O) groups is 2. The number of hydrogen-bond donors (Lipinski definition) is 1. The SMILES string of the molecule is CNC(=O)CC1SC(=Nc2cc(C)ccc2C)N(CCc2ccc(OC)c(OC)c2)C1=O. The van der Waals surface area contributed by atoms with E-state index in [-0.39, 0.29) is 18.2 Å². The zero-order chi connectivity index (χ0) is 23.3. The third-order valence-electron chi connectivity index (χ3n) is 5.32. The molecule has 0 spiro atoms. The van der Waals surface area contributed by atoms with E-state index in [1.165, 1.54) is 11.8 Å². The third kappa shape index (κ3) is 5.43. The summed E-state index contributed by atoms with van der Waals surface area (Å²) in [7, 11) is 4.77. The minimum Gasteiger partial charge on any atom is -0.493 e. The fourth-order valence-corrected chi connectivity index (χ4v) is 4.60. The van der Waals surface area contributed by atoms with E-state index in [9.17, 15) is 9.59 Å². The van der Waals surface area contributed by atoms with Gasteiger partial charge in [0.1, 0.15) is 5.25 Å². The Hall–Kier alpha value is -3.00. The highest BCUT2D eigenvalue weighted by Crippen LogP contribution is 2.33. The molecular weight excluding hydrogens is 426 g/mol. The van der Waals surface area contributed by atoms with Crippen LogP contribution in [0.3, 0.4) is 0 Å². The Morgan fingerprint density at radius 1 is 1.12 bits per heavy atom. The van der Waals surface area contributed by atoms with E-state index >= 15 is 0 Å². The lowest BCUT2D eigenvalue weighted by atomic mass is 10.1. The number of hydrogen-bond acceptors (Lipinski definition) is 6. The maximum Gasteiger partial charge on any atom is 0.242 e. The molecule has 2 aromatic carbocycles. The second-order valence-corrected chi connectivity index (χ2v) is 8.77. The van der Waals surface area contributed by atoms with Gasteiger partial charge in [0, 0.05) is 20.0 Å². The van der Waals surface area contributed by atoms with E-state index in [4.69, 9.17) is 14.5 Å². The molecule has 1 aliphatic heterocycles. The Bertz CT molecular complexity index is 1040. The van der Waals surface area contributed by atoms with Gasteiger partial charge in [0.15, 0.2) is 16.7 Å². The summed E-state index contributed by atoms with van der Waals surface area (Å²) in [6.07, 6.45) is 0.740. The van der Waals surface area contributed by atoms with E-state index in [1.54, 1.807) is 26.2 Å². The molecule has 1 fully saturated rings. The molecule has 2 aromatic rings. The molecule has 1 aliphatic rings. The Morgan fingerprint density at radius 3 is 2.56 bits per heavy atom. The number of carbonyl (C=O) groups excluding carboxylic acids is 2. The van der Waals surface area contributed by atoms with Crippen molar-refractivity contribution < 1.29 is 19.1 Å². The van der Waals surface area contributed by atoms with Crippen molar-refractivity contribution in [3.05, 3.63) is 53.1 Å². The van der Waals surface area contributed by atoms with Crippen LogP contribution in [0.25, 0.3) is 0 Å². The molecule has 1 N–H and O–H groups in total. The number of amides is 2. The van der Waals surface area contributed by atoms with Crippen molar-refractivity contribution in [1.82, 2.24) is 10.2 Å². The number of amidine groups is 1. The van der Waals surface area contributed by atoms with Gasteiger partial charge in [-0.2, -0.15) is 0 Å². The predicted molar refractivity (Wildman–Crippen MR) is 128 cm³/mol. The summed E-state index contributed by atoms with van der Waals surface area (Å²) in [5.41, 5.74) is 3.98. The number of nitrogens with zero attached hydrogens (tertiary/aromatic N) is 2. The Balaban J connectivity index is 1.87. The summed E-state index contributed by atoms with van der Waals surface area (Å²) in [5.74, 6) is 1.05. The highest BCUT2D eigenvalue weighted by Gasteiger charge is 2.38. The third-order valence-corrected chi connectivity index (χ3v) is 6.50. The molecule has 0 aromatic heterocycles. The Kier molecular flexibility index (Phi) is 7.80. The van der Waals surface area contributed by atoms with Crippen LogP contribution in [0.15, 0.2) is 41.4 Å². The van der Waals surface area contributed by atoms with E-state index in [0.717, 1.165) is 22.4 Å². The summed E-state index contributed by atoms with van der Waals surface area (Å²) in [5, 5.41) is 2.74. The van der Waals surface area contributed by atoms with Crippen molar-refractivity contribution in [3.63, 3.8) is 0 Å². The molecule has 0 saturated carbocycles. The first-order valence-corrected chi connectivity index (χ1v) is 11.3. The van der Waals surface area contributed by atoms with Crippen LogP contribution < -0.4 is 14.8 Å². The van der Waals surface area contributed by atoms with Crippen LogP contribution in [-0.2, 0) is 16.0 Å². The van der Waals surface area contributed by atoms with Gasteiger partial charge in [0.25, 0.3) is 0 Å². The second kappa shape index (κ2) is 10.5. The lowest BCUT2D eigenvalue weighted by Crippen LogP contribution is -2.35. The molecule has 1 unspecified atom stereocenters. The van der Waals surface area contributed by atoms with Crippen molar-refractivity contribution in [1.29, 1.82) is 0 Å². The first-order valence-electron chi connectivity index (χ1n) is 10.4. The lowest BCUT2D eigenvalue weighted by molar-refractivity contribution is -0.129. The van der Waals surface area contributed by atoms with Crippen molar-refractivity contribution in [2.75, 3.05) is 27.8 Å². The predicted octanol–water partition coefficient (Wildman–Crippen LogP) is 3.63. The molecule has 0 aliphatic carbocycles. The van der Waals surface area contributed by atoms with Gasteiger partial charge in [-0.05, 0) is 55.2 Å². The van der Waals surface area contributed by atoms with Gasteiger partial charge in [-0.15, -0.1) is 0 Å². The number of thioether (sulfide) groups is 1. The fourth-order valence-electron chi connectivity index (χ4n) is 3.42. The zero-order valence-corrected chi connectivity index (χ0v) is 19.9. The molecule has 2 amide bonds. The smallest absolute Gasteiger partial charge is 0.242 e. The summed E-state index contributed by atoms with van der Waals surface area (Å²) in [6.45, 7) is 4.46. The molecule has 3 rings (SSSR count). The van der Waals surface area contributed by atoms with Gasteiger partial charge in [-0.1, -0.05) is 30.0 Å². The summed E-state index contributed by atoms with van der Waals surface area (Å²) in [6, 6.07) is 11.8. The number of aryl methyl sites for hydroxylation is 2. The van der Waals surface area contributed by atoms with Crippen molar-refractivity contribution in [2.45, 2.75) is 31.9 Å². The topological polar surface area (TPSA) is 80.2 Å². The fraction of sp³-hybridized carbons (Fsp3) is 0.375. The van der Waals surface area contributed by atoms with E-state index in [2.05, 4.69) is 5.32 Å². The highest BCUT2D eigenvalue weighted by molar-refractivity contribution is 8.15. The summed E-state index contributed by atoms with van der Waals surface area (Å²) >= 11 is 1.35. The van der Waals surface area contributed by atoms with Crippen LogP contribution in [0.4, 0.5) is 5.69 Å². The molecule has 0 radical (unpaired) electrons. The molecule has 0 bridgehead atoms. The Morgan fingerprint density at radius 2 is 1.88 bits per heavy atom. The normalized spacial score (nSPS) is 17.0. The first kappa shape index (κ1) is 23.7. The average molecular weight is 456 g/mol. The molecule has 1 saturated heterocycles. The van der Waals surface area contributed by atoms with Crippen LogP contribution in [0.2, 0.25) is 0 Å². The molecule has 32 heavy (non-hydrogen) atoms. The minimum atomic E-state index is -0.482. The monoisotopic (exact) mass is 455 g/mol. The lowest BCUT2D eigenvalue weighted by Gasteiger charge is -2.17. The number of nitrogens with one attached hydrogen (secondary N) is 1. The van der Waals surface area contributed by atoms with E-state index in [0.29, 0.717) is 29.6 Å². The largest absolute Gasteiger partial charge is 0.493 e. The van der Waals surface area contributed by atoms with Crippen LogP contribution in [0.1, 0.15) is 23.1 Å². The molecule has 1 heterocycles. The number of aliphatic imine (C=N–C) groups is 1. The number of methoxy groups -OCH3 is 2. The summed E-state index contributed by atoms with van der Waals surface area (Å²) in [4.78, 5) is 31.6. The van der Waals surface area contributed by atoms with Crippen LogP contribution in [0.5, 0.6) is 11.5 Å². The van der Waals surface area contributed by atoms with E-state index < -0.39 is 5.25 Å². The minimum absolute atomic E-state index is 0.0943. The molecular formula is C24H29N3O4S. The molecule has 1 atom stereocenters.